The van der Waals surface area contributed by atoms with E-state index < -0.39 is 0 Å². The van der Waals surface area contributed by atoms with Gasteiger partial charge in [-0.05, 0) is 25.3 Å². The number of amides is 1. The number of rotatable bonds is 4. The summed E-state index contributed by atoms with van der Waals surface area (Å²) in [4.78, 5) is 13.1. The summed E-state index contributed by atoms with van der Waals surface area (Å²) in [7, 11) is 0. The Morgan fingerprint density at radius 2 is 2.19 bits per heavy atom. The average Bonchev–Trinajstić information content (AvgIpc) is 3.08. The molecule has 3 heteroatoms. The number of nitrogens with zero attached hydrogens (tertiary/aromatic N) is 1. The molecular formula is C13H17NO2. The van der Waals surface area contributed by atoms with Crippen molar-refractivity contribution in [2.75, 3.05) is 13.2 Å². The molecule has 1 heterocycles. The summed E-state index contributed by atoms with van der Waals surface area (Å²) >= 11 is 0. The van der Waals surface area contributed by atoms with E-state index in [0.717, 1.165) is 19.4 Å². The van der Waals surface area contributed by atoms with Crippen molar-refractivity contribution in [3.63, 3.8) is 0 Å². The smallest absolute Gasteiger partial charge is 0.410 e. The van der Waals surface area contributed by atoms with Crippen LogP contribution < -0.4 is 0 Å². The maximum Gasteiger partial charge on any atom is 0.410 e. The van der Waals surface area contributed by atoms with Gasteiger partial charge in [-0.25, -0.2) is 4.79 Å². The predicted octanol–water partition coefficient (Wildman–Crippen LogP) is 2.46. The van der Waals surface area contributed by atoms with Gasteiger partial charge in [0.25, 0.3) is 0 Å². The fraction of sp³-hybridized carbons (Fsp3) is 0.462. The molecule has 1 saturated heterocycles. The van der Waals surface area contributed by atoms with Crippen LogP contribution in [0.4, 0.5) is 4.79 Å². The molecule has 0 radical (unpaired) electrons. The van der Waals surface area contributed by atoms with Crippen molar-refractivity contribution in [3.8, 4) is 0 Å². The van der Waals surface area contributed by atoms with Crippen molar-refractivity contribution >= 4 is 6.09 Å². The molecule has 1 atom stereocenters. The first kappa shape index (κ1) is 11.0. The van der Waals surface area contributed by atoms with Gasteiger partial charge >= 0.3 is 6.09 Å². The lowest BCUT2D eigenvalue weighted by Crippen LogP contribution is -2.15. The van der Waals surface area contributed by atoms with Crippen LogP contribution >= 0.6 is 0 Å². The average molecular weight is 219 g/mol. The summed E-state index contributed by atoms with van der Waals surface area (Å²) in [6.07, 6.45) is 1.89. The highest BCUT2D eigenvalue weighted by atomic mass is 16.6. The Morgan fingerprint density at radius 3 is 2.88 bits per heavy atom. The first-order valence-electron chi connectivity index (χ1n) is 5.78. The normalized spacial score (nSPS) is 18.3. The van der Waals surface area contributed by atoms with E-state index in [4.69, 9.17) is 4.74 Å². The molecule has 1 unspecified atom stereocenters. The Bertz CT molecular complexity index is 350. The SMILES string of the molecule is CCOC(=O)N1CC1CCc1ccccc1. The van der Waals surface area contributed by atoms with Crippen molar-refractivity contribution in [3.05, 3.63) is 35.9 Å². The third kappa shape index (κ3) is 2.75. The van der Waals surface area contributed by atoms with Gasteiger partial charge < -0.3 is 9.64 Å². The highest BCUT2D eigenvalue weighted by Crippen LogP contribution is 2.23. The molecular weight excluding hydrogens is 202 g/mol. The molecule has 1 aliphatic heterocycles. The van der Waals surface area contributed by atoms with E-state index in [1.54, 1.807) is 4.90 Å². The van der Waals surface area contributed by atoms with Crippen molar-refractivity contribution in [2.45, 2.75) is 25.8 Å². The van der Waals surface area contributed by atoms with Gasteiger partial charge in [0.2, 0.25) is 0 Å². The Kier molecular flexibility index (Phi) is 3.44. The molecule has 0 N–H and O–H groups in total. The third-order valence-corrected chi connectivity index (χ3v) is 2.83. The maximum atomic E-state index is 11.3. The van der Waals surface area contributed by atoms with E-state index in [2.05, 4.69) is 12.1 Å². The Morgan fingerprint density at radius 1 is 1.44 bits per heavy atom. The standard InChI is InChI=1S/C13H17NO2/c1-2-16-13(15)14-10-12(14)9-8-11-6-4-3-5-7-11/h3-7,12H,2,8-10H2,1H3. The van der Waals surface area contributed by atoms with Crippen LogP contribution in [0, 0.1) is 0 Å². The number of benzene rings is 1. The minimum Gasteiger partial charge on any atom is -0.450 e. The van der Waals surface area contributed by atoms with Crippen LogP contribution in [-0.4, -0.2) is 30.2 Å². The summed E-state index contributed by atoms with van der Waals surface area (Å²) in [5.74, 6) is 0. The van der Waals surface area contributed by atoms with Crippen LogP contribution in [0.25, 0.3) is 0 Å². The highest BCUT2D eigenvalue weighted by molar-refractivity contribution is 5.70. The van der Waals surface area contributed by atoms with Crippen LogP contribution in [0.3, 0.4) is 0 Å². The lowest BCUT2D eigenvalue weighted by atomic mass is 10.1. The molecule has 3 nitrogen and oxygen atoms in total. The fourth-order valence-electron chi connectivity index (χ4n) is 1.83. The number of carbonyl (C=O) groups is 1. The van der Waals surface area contributed by atoms with Crippen LogP contribution in [0.15, 0.2) is 30.3 Å². The quantitative estimate of drug-likeness (QED) is 0.728. The first-order valence-corrected chi connectivity index (χ1v) is 5.78. The van der Waals surface area contributed by atoms with Gasteiger partial charge in [-0.3, -0.25) is 0 Å². The van der Waals surface area contributed by atoms with Crippen LogP contribution in [0.2, 0.25) is 0 Å². The van der Waals surface area contributed by atoms with Crippen molar-refractivity contribution in [2.24, 2.45) is 0 Å². The van der Waals surface area contributed by atoms with Gasteiger partial charge in [0.15, 0.2) is 0 Å². The molecule has 1 aromatic carbocycles. The van der Waals surface area contributed by atoms with Crippen LogP contribution in [-0.2, 0) is 11.2 Å². The van der Waals surface area contributed by atoms with Crippen molar-refractivity contribution < 1.29 is 9.53 Å². The minimum absolute atomic E-state index is 0.166. The topological polar surface area (TPSA) is 29.3 Å². The summed E-state index contributed by atoms with van der Waals surface area (Å²) in [6.45, 7) is 3.15. The fourth-order valence-corrected chi connectivity index (χ4v) is 1.83. The molecule has 1 aliphatic rings. The molecule has 0 saturated carbocycles. The second-order valence-electron chi connectivity index (χ2n) is 4.03. The van der Waals surface area contributed by atoms with E-state index in [1.807, 2.05) is 25.1 Å². The number of hydrogen-bond donors (Lipinski definition) is 0. The zero-order valence-corrected chi connectivity index (χ0v) is 9.56. The van der Waals surface area contributed by atoms with Gasteiger partial charge in [-0.15, -0.1) is 0 Å². The monoisotopic (exact) mass is 219 g/mol. The number of ether oxygens (including phenoxy) is 1. The summed E-state index contributed by atoms with van der Waals surface area (Å²) in [5, 5.41) is 0. The zero-order valence-electron chi connectivity index (χ0n) is 9.56. The number of hydrogen-bond acceptors (Lipinski definition) is 2. The van der Waals surface area contributed by atoms with E-state index in [0.29, 0.717) is 12.6 Å². The molecule has 0 aliphatic carbocycles. The molecule has 0 bridgehead atoms. The molecule has 16 heavy (non-hydrogen) atoms. The lowest BCUT2D eigenvalue weighted by molar-refractivity contribution is 0.134. The summed E-state index contributed by atoms with van der Waals surface area (Å²) < 4.78 is 4.94. The van der Waals surface area contributed by atoms with Crippen molar-refractivity contribution in [1.29, 1.82) is 0 Å². The number of aryl methyl sites for hydroxylation is 1. The molecule has 0 spiro atoms. The second-order valence-corrected chi connectivity index (χ2v) is 4.03. The van der Waals surface area contributed by atoms with Gasteiger partial charge in [0, 0.05) is 6.54 Å². The zero-order chi connectivity index (χ0) is 11.4. The summed E-state index contributed by atoms with van der Waals surface area (Å²) in [6, 6.07) is 10.7. The molecule has 1 aromatic rings. The third-order valence-electron chi connectivity index (χ3n) is 2.83. The van der Waals surface area contributed by atoms with E-state index in [9.17, 15) is 4.79 Å². The highest BCUT2D eigenvalue weighted by Gasteiger charge is 2.38. The first-order chi connectivity index (χ1) is 7.81. The Labute approximate surface area is 96.0 Å². The van der Waals surface area contributed by atoms with Crippen molar-refractivity contribution in [1.82, 2.24) is 4.90 Å². The lowest BCUT2D eigenvalue weighted by Gasteiger charge is -2.04. The number of carbonyl (C=O) groups excluding carboxylic acids is 1. The van der Waals surface area contributed by atoms with E-state index >= 15 is 0 Å². The Hall–Kier alpha value is -1.51. The molecule has 86 valence electrons. The van der Waals surface area contributed by atoms with Gasteiger partial charge in [-0.2, -0.15) is 0 Å². The summed E-state index contributed by atoms with van der Waals surface area (Å²) in [5.41, 5.74) is 1.33. The minimum atomic E-state index is -0.166. The van der Waals surface area contributed by atoms with E-state index in [1.165, 1.54) is 5.56 Å². The van der Waals surface area contributed by atoms with Gasteiger partial charge in [0.05, 0.1) is 12.6 Å². The van der Waals surface area contributed by atoms with Crippen LogP contribution in [0.5, 0.6) is 0 Å². The van der Waals surface area contributed by atoms with Gasteiger partial charge in [0.1, 0.15) is 0 Å². The molecule has 2 rings (SSSR count). The largest absolute Gasteiger partial charge is 0.450 e. The Balaban J connectivity index is 1.72. The van der Waals surface area contributed by atoms with Gasteiger partial charge in [-0.1, -0.05) is 30.3 Å². The second kappa shape index (κ2) is 5.01. The predicted molar refractivity (Wildman–Crippen MR) is 62.3 cm³/mol. The van der Waals surface area contributed by atoms with E-state index in [-0.39, 0.29) is 6.09 Å². The molecule has 1 amide bonds. The van der Waals surface area contributed by atoms with Crippen LogP contribution in [0.1, 0.15) is 18.9 Å². The molecule has 1 fully saturated rings. The maximum absolute atomic E-state index is 11.3. The molecule has 0 aromatic heterocycles.